The third-order valence-electron chi connectivity index (χ3n) is 4.41. The molecule has 0 radical (unpaired) electrons. The zero-order chi connectivity index (χ0) is 16.4. The van der Waals surface area contributed by atoms with Crippen molar-refractivity contribution in [1.82, 2.24) is 24.6 Å². The fraction of sp³-hybridized carbons (Fsp3) is 0.333. The van der Waals surface area contributed by atoms with Gasteiger partial charge >= 0.3 is 0 Å². The van der Waals surface area contributed by atoms with Crippen LogP contribution < -0.4 is 10.6 Å². The maximum absolute atomic E-state index is 4.52. The van der Waals surface area contributed by atoms with Crippen molar-refractivity contribution < 1.29 is 0 Å². The Bertz CT molecular complexity index is 788. The first kappa shape index (κ1) is 15.0. The smallest absolute Gasteiger partial charge is 0.124 e. The van der Waals surface area contributed by atoms with Crippen molar-refractivity contribution in [2.45, 2.75) is 20.0 Å². The summed E-state index contributed by atoms with van der Waals surface area (Å²) < 4.78 is 4.08. The van der Waals surface area contributed by atoms with Crippen molar-refractivity contribution in [2.24, 2.45) is 5.92 Å². The predicted octanol–water partition coefficient (Wildman–Crippen LogP) is 2.21. The zero-order valence-corrected chi connectivity index (χ0v) is 13.8. The van der Waals surface area contributed by atoms with Gasteiger partial charge in [-0.15, -0.1) is 0 Å². The summed E-state index contributed by atoms with van der Waals surface area (Å²) in [5, 5.41) is 11.5. The SMILES string of the molecule is Cc1cc2n(n1)CC(CNCc1ccc(-n3ccnc3)cc1)CN2. The molecule has 4 rings (SSSR count). The molecule has 1 aliphatic rings. The number of aromatic nitrogens is 4. The molecule has 0 amide bonds. The van der Waals surface area contributed by atoms with Crippen LogP contribution in [0.3, 0.4) is 0 Å². The minimum Gasteiger partial charge on any atom is -0.370 e. The molecule has 0 aliphatic carbocycles. The Kier molecular flexibility index (Phi) is 4.04. The van der Waals surface area contributed by atoms with Crippen molar-refractivity contribution in [3.8, 4) is 5.69 Å². The zero-order valence-electron chi connectivity index (χ0n) is 13.8. The van der Waals surface area contributed by atoms with E-state index in [1.165, 1.54) is 5.56 Å². The van der Waals surface area contributed by atoms with E-state index in [4.69, 9.17) is 0 Å². The van der Waals surface area contributed by atoms with Crippen LogP contribution in [-0.4, -0.2) is 32.4 Å². The summed E-state index contributed by atoms with van der Waals surface area (Å²) in [5.41, 5.74) is 3.50. The van der Waals surface area contributed by atoms with Gasteiger partial charge in [0.15, 0.2) is 0 Å². The molecule has 0 fully saturated rings. The van der Waals surface area contributed by atoms with Crippen LogP contribution in [0.25, 0.3) is 5.69 Å². The van der Waals surface area contributed by atoms with Gasteiger partial charge in [0.2, 0.25) is 0 Å². The van der Waals surface area contributed by atoms with E-state index in [-0.39, 0.29) is 0 Å². The maximum Gasteiger partial charge on any atom is 0.124 e. The highest BCUT2D eigenvalue weighted by Crippen LogP contribution is 2.18. The first-order chi connectivity index (χ1) is 11.8. The molecule has 2 aromatic heterocycles. The standard InChI is InChI=1S/C18H22N6/c1-14-8-18-21-11-16(12-24(18)22-14)10-20-9-15-2-4-17(5-3-15)23-7-6-19-13-23/h2-8,13,16,20-21H,9-12H2,1H3. The largest absolute Gasteiger partial charge is 0.370 e. The van der Waals surface area contributed by atoms with Crippen LogP contribution >= 0.6 is 0 Å². The van der Waals surface area contributed by atoms with Crippen LogP contribution in [0.2, 0.25) is 0 Å². The number of nitrogens with zero attached hydrogens (tertiary/aromatic N) is 4. The number of nitrogens with one attached hydrogen (secondary N) is 2. The monoisotopic (exact) mass is 322 g/mol. The van der Waals surface area contributed by atoms with Gasteiger partial charge in [-0.2, -0.15) is 5.10 Å². The lowest BCUT2D eigenvalue weighted by Crippen LogP contribution is -2.35. The lowest BCUT2D eigenvalue weighted by molar-refractivity contribution is 0.390. The van der Waals surface area contributed by atoms with E-state index in [0.717, 1.165) is 43.4 Å². The Hall–Kier alpha value is -2.60. The Morgan fingerprint density at radius 2 is 2.17 bits per heavy atom. The van der Waals surface area contributed by atoms with Gasteiger partial charge in [0.1, 0.15) is 5.82 Å². The van der Waals surface area contributed by atoms with Crippen molar-refractivity contribution in [1.29, 1.82) is 0 Å². The summed E-state index contributed by atoms with van der Waals surface area (Å²) in [5.74, 6) is 1.70. The van der Waals surface area contributed by atoms with Crippen molar-refractivity contribution in [3.05, 3.63) is 60.3 Å². The highest BCUT2D eigenvalue weighted by atomic mass is 15.3. The molecule has 124 valence electrons. The third-order valence-corrected chi connectivity index (χ3v) is 4.41. The average molecular weight is 322 g/mol. The van der Waals surface area contributed by atoms with E-state index in [1.807, 2.05) is 24.0 Å². The Morgan fingerprint density at radius 3 is 2.96 bits per heavy atom. The lowest BCUT2D eigenvalue weighted by atomic mass is 10.1. The fourth-order valence-corrected chi connectivity index (χ4v) is 3.14. The second-order valence-corrected chi connectivity index (χ2v) is 6.37. The van der Waals surface area contributed by atoms with Gasteiger partial charge in [0, 0.05) is 56.2 Å². The number of hydrogen-bond acceptors (Lipinski definition) is 4. The maximum atomic E-state index is 4.52. The molecule has 0 saturated carbocycles. The lowest BCUT2D eigenvalue weighted by Gasteiger charge is -2.25. The third kappa shape index (κ3) is 3.19. The topological polar surface area (TPSA) is 59.7 Å². The van der Waals surface area contributed by atoms with E-state index in [0.29, 0.717) is 5.92 Å². The quantitative estimate of drug-likeness (QED) is 0.756. The van der Waals surface area contributed by atoms with E-state index in [9.17, 15) is 0 Å². The molecule has 24 heavy (non-hydrogen) atoms. The van der Waals surface area contributed by atoms with Gasteiger partial charge < -0.3 is 15.2 Å². The summed E-state index contributed by atoms with van der Waals surface area (Å²) >= 11 is 0. The molecule has 0 bridgehead atoms. The first-order valence-corrected chi connectivity index (χ1v) is 8.34. The van der Waals surface area contributed by atoms with E-state index in [1.54, 1.807) is 6.20 Å². The fourth-order valence-electron chi connectivity index (χ4n) is 3.14. The molecule has 0 saturated heterocycles. The number of hydrogen-bond donors (Lipinski definition) is 2. The second-order valence-electron chi connectivity index (χ2n) is 6.37. The molecular formula is C18H22N6. The van der Waals surface area contributed by atoms with Gasteiger partial charge in [-0.1, -0.05) is 12.1 Å². The van der Waals surface area contributed by atoms with E-state index < -0.39 is 0 Å². The minimum atomic E-state index is 0.557. The number of benzene rings is 1. The van der Waals surface area contributed by atoms with Crippen LogP contribution in [-0.2, 0) is 13.1 Å². The molecule has 0 spiro atoms. The Morgan fingerprint density at radius 1 is 1.29 bits per heavy atom. The summed E-state index contributed by atoms with van der Waals surface area (Å²) in [6, 6.07) is 10.7. The predicted molar refractivity (Wildman–Crippen MR) is 94.2 cm³/mol. The van der Waals surface area contributed by atoms with E-state index >= 15 is 0 Å². The van der Waals surface area contributed by atoms with Gasteiger partial charge in [0.25, 0.3) is 0 Å². The number of aryl methyl sites for hydroxylation is 1. The molecule has 2 N–H and O–H groups in total. The highest BCUT2D eigenvalue weighted by molar-refractivity contribution is 5.38. The van der Waals surface area contributed by atoms with Gasteiger partial charge in [0.05, 0.1) is 12.0 Å². The van der Waals surface area contributed by atoms with Gasteiger partial charge in [-0.3, -0.25) is 0 Å². The van der Waals surface area contributed by atoms with Gasteiger partial charge in [-0.05, 0) is 24.6 Å². The van der Waals surface area contributed by atoms with Crippen molar-refractivity contribution in [3.63, 3.8) is 0 Å². The summed E-state index contributed by atoms with van der Waals surface area (Å²) in [4.78, 5) is 4.08. The van der Waals surface area contributed by atoms with Crippen LogP contribution in [0.5, 0.6) is 0 Å². The molecular weight excluding hydrogens is 300 g/mol. The first-order valence-electron chi connectivity index (χ1n) is 8.34. The molecule has 1 aliphatic heterocycles. The molecule has 6 nitrogen and oxygen atoms in total. The van der Waals surface area contributed by atoms with Crippen LogP contribution in [0, 0.1) is 12.8 Å². The molecule has 1 aromatic carbocycles. The number of imidazole rings is 1. The summed E-state index contributed by atoms with van der Waals surface area (Å²) in [6.07, 6.45) is 5.56. The molecule has 3 heterocycles. The van der Waals surface area contributed by atoms with Crippen molar-refractivity contribution in [2.75, 3.05) is 18.4 Å². The summed E-state index contributed by atoms with van der Waals surface area (Å²) in [7, 11) is 0. The van der Waals surface area contributed by atoms with Crippen LogP contribution in [0.15, 0.2) is 49.1 Å². The highest BCUT2D eigenvalue weighted by Gasteiger charge is 2.18. The molecule has 6 heteroatoms. The molecule has 1 unspecified atom stereocenters. The van der Waals surface area contributed by atoms with Crippen LogP contribution in [0.1, 0.15) is 11.3 Å². The summed E-state index contributed by atoms with van der Waals surface area (Å²) in [6.45, 7) is 5.87. The van der Waals surface area contributed by atoms with Crippen LogP contribution in [0.4, 0.5) is 5.82 Å². The normalized spacial score (nSPS) is 16.6. The molecule has 3 aromatic rings. The minimum absolute atomic E-state index is 0.557. The Balaban J connectivity index is 1.28. The average Bonchev–Trinajstić information content (AvgIpc) is 3.24. The molecule has 1 atom stereocenters. The number of fused-ring (bicyclic) bond motifs is 1. The number of anilines is 1. The van der Waals surface area contributed by atoms with E-state index in [2.05, 4.69) is 55.7 Å². The van der Waals surface area contributed by atoms with Crippen molar-refractivity contribution >= 4 is 5.82 Å². The Labute approximate surface area is 141 Å². The number of rotatable bonds is 5. The second kappa shape index (κ2) is 6.49. The van der Waals surface area contributed by atoms with Gasteiger partial charge in [-0.25, -0.2) is 9.67 Å².